The van der Waals surface area contributed by atoms with Crippen LogP contribution in [0.15, 0.2) is 69.6 Å². The van der Waals surface area contributed by atoms with Crippen LogP contribution in [-0.2, 0) is 55.5 Å². The van der Waals surface area contributed by atoms with E-state index < -0.39 is 53.2 Å². The summed E-state index contributed by atoms with van der Waals surface area (Å²) in [5, 5.41) is 10.2. The Labute approximate surface area is 346 Å². The minimum atomic E-state index is -4.61. The summed E-state index contributed by atoms with van der Waals surface area (Å²) in [6.45, 7) is 9.96. The lowest BCUT2D eigenvalue weighted by Crippen LogP contribution is -2.35. The van der Waals surface area contributed by atoms with E-state index >= 15 is 0 Å². The number of benzene rings is 2. The molecule has 4 N–H and O–H groups in total. The number of allylic oxidation sites excluding steroid dienone is 3. The SMILES string of the molecule is COCCOCC[N+](CCCS(=O)(=O)O)=c1ccc2c(C(C)(C)C)cc(/C=C/C=C3/N(CCCS(=O)(=O)O)c4ccc(S(=O)(=O)O)cc4C3(C)CCCC(=O)O)oc-2c1. The van der Waals surface area contributed by atoms with E-state index in [0.29, 0.717) is 61.4 Å². The third-order valence-electron chi connectivity index (χ3n) is 10.1. The number of ether oxygens (including phenoxy) is 2. The maximum Gasteiger partial charge on any atom is 0.303 e. The number of carboxylic acid groups (broad SMARTS) is 1. The first-order valence-electron chi connectivity index (χ1n) is 19.1. The normalized spacial score (nSPS) is 17.6. The number of hydrogen-bond donors (Lipinski definition) is 4. The van der Waals surface area contributed by atoms with Gasteiger partial charge < -0.3 is 23.9 Å². The molecule has 1 aromatic carbocycles. The van der Waals surface area contributed by atoms with Crippen LogP contribution in [0.4, 0.5) is 5.69 Å². The molecule has 0 saturated heterocycles. The van der Waals surface area contributed by atoms with E-state index in [1.165, 1.54) is 18.2 Å². The summed E-state index contributed by atoms with van der Waals surface area (Å²) in [5.41, 5.74) is 2.11. The summed E-state index contributed by atoms with van der Waals surface area (Å²) in [5.74, 6) is -0.951. The maximum absolute atomic E-state index is 12.2. The molecular weight excluding hydrogens is 829 g/mol. The number of rotatable bonds is 21. The first-order chi connectivity index (χ1) is 27.4. The van der Waals surface area contributed by atoms with Crippen molar-refractivity contribution in [3.8, 4) is 11.3 Å². The number of methoxy groups -OCH3 is 1. The molecule has 19 heteroatoms. The molecule has 326 valence electrons. The zero-order valence-corrected chi connectivity index (χ0v) is 36.4. The maximum atomic E-state index is 12.2. The number of nitrogens with zero attached hydrogens (tertiary/aromatic N) is 2. The number of fused-ring (bicyclic) bond motifs is 2. The van der Waals surface area contributed by atoms with Crippen LogP contribution < -0.4 is 14.8 Å². The number of aliphatic carboxylic acids is 1. The fraction of sp³-hybridized carbons (Fsp3) is 0.500. The van der Waals surface area contributed by atoms with Crippen molar-refractivity contribution in [2.75, 3.05) is 63.0 Å². The minimum Gasteiger partial charge on any atom is -0.481 e. The van der Waals surface area contributed by atoms with Crippen LogP contribution in [0.2, 0.25) is 0 Å². The molecule has 1 unspecified atom stereocenters. The molecule has 2 heterocycles. The predicted octanol–water partition coefficient (Wildman–Crippen LogP) is 4.85. The van der Waals surface area contributed by atoms with Gasteiger partial charge in [0.15, 0.2) is 6.54 Å². The Hall–Kier alpha value is -3.95. The Kier molecular flexibility index (Phi) is 15.9. The molecule has 1 aliphatic carbocycles. The van der Waals surface area contributed by atoms with E-state index in [9.17, 15) is 48.8 Å². The lowest BCUT2D eigenvalue weighted by molar-refractivity contribution is -0.137. The van der Waals surface area contributed by atoms with Crippen molar-refractivity contribution < 1.29 is 62.7 Å². The van der Waals surface area contributed by atoms with Gasteiger partial charge in [-0.15, -0.1) is 0 Å². The molecule has 0 spiro atoms. The third-order valence-corrected chi connectivity index (χ3v) is 12.5. The van der Waals surface area contributed by atoms with Crippen LogP contribution in [0.5, 0.6) is 0 Å². The van der Waals surface area contributed by atoms with Crippen LogP contribution in [0.1, 0.15) is 76.7 Å². The highest BCUT2D eigenvalue weighted by molar-refractivity contribution is 7.86. The van der Waals surface area contributed by atoms with Gasteiger partial charge in [0.05, 0.1) is 35.7 Å². The summed E-state index contributed by atoms with van der Waals surface area (Å²) in [7, 11) is -11.5. The average molecular weight is 884 g/mol. The van der Waals surface area contributed by atoms with Crippen LogP contribution >= 0.6 is 0 Å². The van der Waals surface area contributed by atoms with Crippen molar-refractivity contribution in [3.05, 3.63) is 82.6 Å². The predicted molar refractivity (Wildman–Crippen MR) is 223 cm³/mol. The quantitative estimate of drug-likeness (QED) is 0.0636. The topological polar surface area (TPSA) is 238 Å². The van der Waals surface area contributed by atoms with Crippen LogP contribution in [0, 0.1) is 0 Å². The Bertz CT molecular complexity index is 2410. The molecule has 59 heavy (non-hydrogen) atoms. The molecule has 1 atom stereocenters. The van der Waals surface area contributed by atoms with Gasteiger partial charge in [0.2, 0.25) is 5.36 Å². The second-order valence-corrected chi connectivity index (χ2v) is 20.2. The molecule has 0 radical (unpaired) electrons. The fourth-order valence-electron chi connectivity index (χ4n) is 7.25. The number of carbonyl (C=O) groups is 1. The lowest BCUT2D eigenvalue weighted by atomic mass is 9.77. The Morgan fingerprint density at radius 2 is 1.59 bits per heavy atom. The fourth-order valence-corrected chi connectivity index (χ4v) is 8.74. The van der Waals surface area contributed by atoms with E-state index in [-0.39, 0.29) is 49.0 Å². The van der Waals surface area contributed by atoms with Crippen LogP contribution in [0.3, 0.4) is 0 Å². The second-order valence-electron chi connectivity index (χ2n) is 15.7. The Balaban J connectivity index is 1.86. The molecule has 1 aromatic rings. The zero-order valence-electron chi connectivity index (χ0n) is 34.0. The summed E-state index contributed by atoms with van der Waals surface area (Å²) in [6, 6.07) is 11.7. The van der Waals surface area contributed by atoms with E-state index in [2.05, 4.69) is 20.8 Å². The average Bonchev–Trinajstić information content (AvgIpc) is 3.34. The molecule has 0 saturated carbocycles. The van der Waals surface area contributed by atoms with Crippen molar-refractivity contribution >= 4 is 48.1 Å². The number of carboxylic acids is 1. The summed E-state index contributed by atoms with van der Waals surface area (Å²) in [4.78, 5) is 13.0. The van der Waals surface area contributed by atoms with E-state index in [4.69, 9.17) is 13.9 Å². The van der Waals surface area contributed by atoms with Crippen LogP contribution in [0.25, 0.3) is 17.4 Å². The molecule has 16 nitrogen and oxygen atoms in total. The number of hydrogen-bond acceptors (Lipinski definition) is 11. The van der Waals surface area contributed by atoms with Crippen molar-refractivity contribution in [2.45, 2.75) is 75.5 Å². The highest BCUT2D eigenvalue weighted by Gasteiger charge is 2.43. The molecule has 4 rings (SSSR count). The van der Waals surface area contributed by atoms with E-state index in [1.807, 2.05) is 35.8 Å². The molecule has 0 amide bonds. The van der Waals surface area contributed by atoms with Gasteiger partial charge in [0, 0.05) is 54.9 Å². The summed E-state index contributed by atoms with van der Waals surface area (Å²) >= 11 is 0. The van der Waals surface area contributed by atoms with Gasteiger partial charge in [-0.05, 0) is 85.2 Å². The van der Waals surface area contributed by atoms with E-state index in [1.54, 1.807) is 30.2 Å². The zero-order chi connectivity index (χ0) is 43.8. The Morgan fingerprint density at radius 3 is 2.22 bits per heavy atom. The van der Waals surface area contributed by atoms with Crippen molar-refractivity contribution in [3.63, 3.8) is 0 Å². The first-order valence-corrected chi connectivity index (χ1v) is 23.7. The highest BCUT2D eigenvalue weighted by Crippen LogP contribution is 2.51. The van der Waals surface area contributed by atoms with Gasteiger partial charge in [-0.25, -0.2) is 4.58 Å². The summed E-state index contributed by atoms with van der Waals surface area (Å²) in [6.07, 6.45) is 5.72. The van der Waals surface area contributed by atoms with Gasteiger partial charge in [-0.1, -0.05) is 26.8 Å². The lowest BCUT2D eigenvalue weighted by Gasteiger charge is -2.30. The molecule has 0 fully saturated rings. The molecule has 3 aliphatic rings. The monoisotopic (exact) mass is 883 g/mol. The number of anilines is 1. The van der Waals surface area contributed by atoms with Gasteiger partial charge >= 0.3 is 5.97 Å². The standard InChI is InChI=1S/C40H54N2O14S3/c1-39(2,3)33-27-30(56-36-26-29(13-15-32(33)36)41(18-8-24-57(45,46)47)20-21-55-23-22-54-5)10-6-11-37-40(4,17-7-12-38(43)44)34-28-31(59(51,52)53)14-16-35(34)42(37)19-9-25-58(48,49)50/h6,10-11,13-16,26-28H,7-9,12,17-25H2,1-5H3,(H3-,43,44,45,46,47,48,49,50,51,52,53)/p+1. The van der Waals surface area contributed by atoms with Gasteiger partial charge in [0.25, 0.3) is 30.4 Å². The molecular formula is C40H55N2O14S3+. The largest absolute Gasteiger partial charge is 0.481 e. The third kappa shape index (κ3) is 13.5. The van der Waals surface area contributed by atoms with Gasteiger partial charge in [-0.3, -0.25) is 18.5 Å². The first kappa shape index (κ1) is 47.7. The van der Waals surface area contributed by atoms with Crippen molar-refractivity contribution in [1.82, 2.24) is 4.58 Å². The second kappa shape index (κ2) is 19.6. The van der Waals surface area contributed by atoms with Gasteiger partial charge in [-0.2, -0.15) is 25.3 Å². The van der Waals surface area contributed by atoms with E-state index in [0.717, 1.165) is 16.5 Å². The van der Waals surface area contributed by atoms with Crippen molar-refractivity contribution in [2.24, 2.45) is 0 Å². The van der Waals surface area contributed by atoms with Gasteiger partial charge in [0.1, 0.15) is 24.7 Å². The smallest absolute Gasteiger partial charge is 0.303 e. The minimum absolute atomic E-state index is 0.00791. The highest BCUT2D eigenvalue weighted by atomic mass is 32.2. The Morgan fingerprint density at radius 1 is 0.898 bits per heavy atom. The van der Waals surface area contributed by atoms with Crippen LogP contribution in [-0.4, -0.2) is 108 Å². The summed E-state index contributed by atoms with van der Waals surface area (Å²) < 4.78 is 119. The molecule has 2 aliphatic heterocycles. The molecule has 0 bridgehead atoms. The van der Waals surface area contributed by atoms with Crippen molar-refractivity contribution in [1.29, 1.82) is 0 Å². The molecule has 0 aromatic heterocycles.